The van der Waals surface area contributed by atoms with Gasteiger partial charge in [-0.25, -0.2) is 4.98 Å². The zero-order valence-electron chi connectivity index (χ0n) is 13.9. The van der Waals surface area contributed by atoms with E-state index in [2.05, 4.69) is 69.2 Å². The van der Waals surface area contributed by atoms with Crippen molar-refractivity contribution in [3.05, 3.63) is 60.3 Å². The van der Waals surface area contributed by atoms with Gasteiger partial charge in [-0.2, -0.15) is 0 Å². The van der Waals surface area contributed by atoms with Gasteiger partial charge in [-0.1, -0.05) is 36.4 Å². The zero-order chi connectivity index (χ0) is 15.9. The highest BCUT2D eigenvalue weighted by atomic mass is 15.3. The highest BCUT2D eigenvalue weighted by Crippen LogP contribution is 2.12. The minimum absolute atomic E-state index is 1.02. The predicted molar refractivity (Wildman–Crippen MR) is 95.7 cm³/mol. The first kappa shape index (κ1) is 16.0. The summed E-state index contributed by atoms with van der Waals surface area (Å²) in [6, 6.07) is 16.8. The molecule has 0 aliphatic carbocycles. The quantitative estimate of drug-likeness (QED) is 0.817. The van der Waals surface area contributed by atoms with Crippen LogP contribution in [-0.4, -0.2) is 61.1 Å². The maximum Gasteiger partial charge on any atom is 0.128 e. The van der Waals surface area contributed by atoms with Gasteiger partial charge in [0.05, 0.1) is 0 Å². The zero-order valence-corrected chi connectivity index (χ0v) is 13.9. The minimum atomic E-state index is 1.02. The molecule has 0 bridgehead atoms. The normalized spacial score (nSPS) is 16.0. The average molecular weight is 310 g/mol. The molecule has 0 atom stereocenters. The van der Waals surface area contributed by atoms with Crippen molar-refractivity contribution >= 4 is 5.82 Å². The summed E-state index contributed by atoms with van der Waals surface area (Å²) in [4.78, 5) is 11.8. The van der Waals surface area contributed by atoms with Crippen molar-refractivity contribution in [2.75, 3.05) is 51.2 Å². The van der Waals surface area contributed by atoms with E-state index in [0.29, 0.717) is 0 Å². The van der Waals surface area contributed by atoms with Crippen LogP contribution >= 0.6 is 0 Å². The van der Waals surface area contributed by atoms with Crippen molar-refractivity contribution in [3.63, 3.8) is 0 Å². The van der Waals surface area contributed by atoms with Crippen LogP contribution in [0, 0.1) is 0 Å². The van der Waals surface area contributed by atoms with Gasteiger partial charge in [0.15, 0.2) is 0 Å². The van der Waals surface area contributed by atoms with Crippen LogP contribution in [0.25, 0.3) is 0 Å². The van der Waals surface area contributed by atoms with Crippen LogP contribution in [-0.2, 0) is 6.54 Å². The summed E-state index contributed by atoms with van der Waals surface area (Å²) < 4.78 is 0. The Bertz CT molecular complexity index is 564. The van der Waals surface area contributed by atoms with Gasteiger partial charge in [0.2, 0.25) is 0 Å². The highest BCUT2D eigenvalue weighted by Gasteiger charge is 2.17. The molecule has 4 heteroatoms. The molecular formula is C19H26N4. The lowest BCUT2D eigenvalue weighted by molar-refractivity contribution is 0.212. The first-order chi connectivity index (χ1) is 11.3. The summed E-state index contributed by atoms with van der Waals surface area (Å²) in [6.07, 6.45) is 1.88. The molecule has 3 rings (SSSR count). The minimum Gasteiger partial charge on any atom is -0.354 e. The van der Waals surface area contributed by atoms with Crippen molar-refractivity contribution in [2.45, 2.75) is 6.54 Å². The van der Waals surface area contributed by atoms with Gasteiger partial charge in [-0.15, -0.1) is 0 Å². The van der Waals surface area contributed by atoms with E-state index in [0.717, 1.165) is 51.6 Å². The molecule has 4 nitrogen and oxygen atoms in total. The number of aromatic nitrogens is 1. The van der Waals surface area contributed by atoms with Crippen molar-refractivity contribution < 1.29 is 0 Å². The van der Waals surface area contributed by atoms with Gasteiger partial charge in [-0.3, -0.25) is 4.90 Å². The fourth-order valence-corrected chi connectivity index (χ4v) is 3.03. The molecule has 0 spiro atoms. The second-order valence-electron chi connectivity index (χ2n) is 6.24. The average Bonchev–Trinajstić information content (AvgIpc) is 2.62. The lowest BCUT2D eigenvalue weighted by Crippen LogP contribution is -2.48. The van der Waals surface area contributed by atoms with E-state index in [1.807, 2.05) is 12.3 Å². The van der Waals surface area contributed by atoms with Crippen molar-refractivity contribution in [1.29, 1.82) is 0 Å². The molecule has 1 fully saturated rings. The molecule has 0 unspecified atom stereocenters. The number of hydrogen-bond donors (Lipinski definition) is 0. The Morgan fingerprint density at radius 2 is 1.70 bits per heavy atom. The fourth-order valence-electron chi connectivity index (χ4n) is 3.03. The second-order valence-corrected chi connectivity index (χ2v) is 6.24. The SMILES string of the molecule is CN(CCN1CCN(c2ccccn2)CC1)Cc1ccccc1. The number of piperazine rings is 1. The van der Waals surface area contributed by atoms with Crippen LogP contribution in [0.3, 0.4) is 0 Å². The Balaban J connectivity index is 1.39. The second kappa shape index (κ2) is 8.09. The molecule has 0 amide bonds. The third-order valence-corrected chi connectivity index (χ3v) is 4.44. The molecule has 2 heterocycles. The standard InChI is InChI=1S/C19H26N4/c1-21(17-18-7-3-2-4-8-18)11-12-22-13-15-23(16-14-22)19-9-5-6-10-20-19/h2-10H,11-17H2,1H3. The van der Waals surface area contributed by atoms with E-state index in [4.69, 9.17) is 0 Å². The Kier molecular flexibility index (Phi) is 5.61. The van der Waals surface area contributed by atoms with Gasteiger partial charge in [0, 0.05) is 52.0 Å². The third-order valence-electron chi connectivity index (χ3n) is 4.44. The van der Waals surface area contributed by atoms with Gasteiger partial charge < -0.3 is 9.80 Å². The maximum atomic E-state index is 4.45. The fraction of sp³-hybridized carbons (Fsp3) is 0.421. The van der Waals surface area contributed by atoms with Gasteiger partial charge in [-0.05, 0) is 24.7 Å². The highest BCUT2D eigenvalue weighted by molar-refractivity contribution is 5.38. The number of rotatable bonds is 6. The number of hydrogen-bond acceptors (Lipinski definition) is 4. The van der Waals surface area contributed by atoms with Crippen LogP contribution in [0.5, 0.6) is 0 Å². The summed E-state index contributed by atoms with van der Waals surface area (Å²) in [6.45, 7) is 7.65. The lowest BCUT2D eigenvalue weighted by Gasteiger charge is -2.36. The molecule has 1 aliphatic heterocycles. The topological polar surface area (TPSA) is 22.6 Å². The van der Waals surface area contributed by atoms with Crippen LogP contribution in [0.2, 0.25) is 0 Å². The maximum absolute atomic E-state index is 4.45. The van der Waals surface area contributed by atoms with Gasteiger partial charge in [0.25, 0.3) is 0 Å². The first-order valence-corrected chi connectivity index (χ1v) is 8.42. The molecule has 0 N–H and O–H groups in total. The Morgan fingerprint density at radius 1 is 0.957 bits per heavy atom. The van der Waals surface area contributed by atoms with E-state index in [1.165, 1.54) is 5.56 Å². The van der Waals surface area contributed by atoms with Crippen LogP contribution in [0.15, 0.2) is 54.7 Å². The number of benzene rings is 1. The van der Waals surface area contributed by atoms with Crippen molar-refractivity contribution in [2.24, 2.45) is 0 Å². The van der Waals surface area contributed by atoms with Crippen LogP contribution < -0.4 is 4.90 Å². The summed E-state index contributed by atoms with van der Waals surface area (Å²) in [5.41, 5.74) is 1.38. The van der Waals surface area contributed by atoms with Crippen LogP contribution in [0.4, 0.5) is 5.82 Å². The van der Waals surface area contributed by atoms with E-state index < -0.39 is 0 Å². The largest absolute Gasteiger partial charge is 0.354 e. The molecule has 122 valence electrons. The number of nitrogens with zero attached hydrogens (tertiary/aromatic N) is 4. The molecule has 1 saturated heterocycles. The summed E-state index contributed by atoms with van der Waals surface area (Å²) in [7, 11) is 2.21. The Morgan fingerprint density at radius 3 is 2.39 bits per heavy atom. The summed E-state index contributed by atoms with van der Waals surface area (Å²) in [5.74, 6) is 1.10. The molecule has 0 radical (unpaired) electrons. The third kappa shape index (κ3) is 4.78. The van der Waals surface area contributed by atoms with Gasteiger partial charge in [0.1, 0.15) is 5.82 Å². The van der Waals surface area contributed by atoms with E-state index in [1.54, 1.807) is 0 Å². The van der Waals surface area contributed by atoms with E-state index in [9.17, 15) is 0 Å². The molecule has 1 aromatic heterocycles. The molecule has 2 aromatic rings. The van der Waals surface area contributed by atoms with E-state index in [-0.39, 0.29) is 0 Å². The lowest BCUT2D eigenvalue weighted by atomic mass is 10.2. The number of likely N-dealkylation sites (N-methyl/N-ethyl adjacent to an activating group) is 1. The predicted octanol–water partition coefficient (Wildman–Crippen LogP) is 2.34. The Labute approximate surface area is 139 Å². The summed E-state index contributed by atoms with van der Waals surface area (Å²) >= 11 is 0. The number of anilines is 1. The summed E-state index contributed by atoms with van der Waals surface area (Å²) in [5, 5.41) is 0. The smallest absolute Gasteiger partial charge is 0.128 e. The first-order valence-electron chi connectivity index (χ1n) is 8.42. The van der Waals surface area contributed by atoms with Crippen LogP contribution in [0.1, 0.15) is 5.56 Å². The Hall–Kier alpha value is -1.91. The van der Waals surface area contributed by atoms with Gasteiger partial charge >= 0.3 is 0 Å². The van der Waals surface area contributed by atoms with Crippen molar-refractivity contribution in [3.8, 4) is 0 Å². The molecule has 1 aromatic carbocycles. The molecule has 0 saturated carbocycles. The number of pyridine rings is 1. The van der Waals surface area contributed by atoms with Crippen molar-refractivity contribution in [1.82, 2.24) is 14.8 Å². The molecule has 23 heavy (non-hydrogen) atoms. The molecule has 1 aliphatic rings. The van der Waals surface area contributed by atoms with E-state index >= 15 is 0 Å². The monoisotopic (exact) mass is 310 g/mol. The molecular weight excluding hydrogens is 284 g/mol.